The Morgan fingerprint density at radius 1 is 1.03 bits per heavy atom. The maximum atomic E-state index is 13.6. The molecular weight excluding hydrogens is 466 g/mol. The number of halogens is 1. The summed E-state index contributed by atoms with van der Waals surface area (Å²) in [4.78, 5) is 36.6. The van der Waals surface area contributed by atoms with E-state index in [2.05, 4.69) is 13.8 Å². The number of thioether (sulfide) groups is 1. The number of fused-ring (bicyclic) bond motifs is 1. The molecule has 0 N–H and O–H groups in total. The number of benzene rings is 2. The van der Waals surface area contributed by atoms with Gasteiger partial charge in [-0.25, -0.2) is 4.90 Å². The number of carbonyl (C=O) groups excluding carboxylic acids is 2. The Kier molecular flexibility index (Phi) is 5.34. The summed E-state index contributed by atoms with van der Waals surface area (Å²) in [5.41, 5.74) is 1.06. The summed E-state index contributed by atoms with van der Waals surface area (Å²) in [6.07, 6.45) is -0.890. The second-order valence-electron chi connectivity index (χ2n) is 8.70. The highest BCUT2D eigenvalue weighted by molar-refractivity contribution is 8.23. The van der Waals surface area contributed by atoms with E-state index in [1.54, 1.807) is 24.3 Å². The second-order valence-corrected chi connectivity index (χ2v) is 10.9. The molecule has 0 saturated carbocycles. The number of carbonyl (C=O) groups is 2. The van der Waals surface area contributed by atoms with Gasteiger partial charge in [-0.05, 0) is 43.7 Å². The third-order valence-electron chi connectivity index (χ3n) is 6.56. The van der Waals surface area contributed by atoms with Crippen molar-refractivity contribution in [2.24, 2.45) is 5.92 Å². The second kappa shape index (κ2) is 7.81. The van der Waals surface area contributed by atoms with Crippen molar-refractivity contribution in [2.45, 2.75) is 36.9 Å². The molecule has 2 aromatic carbocycles. The van der Waals surface area contributed by atoms with Gasteiger partial charge in [0, 0.05) is 12.1 Å². The normalized spacial score (nSPS) is 29.8. The minimum absolute atomic E-state index is 0.197. The number of hydrogen-bond donors (Lipinski definition) is 0. The number of para-hydroxylation sites is 1. The Hall–Kier alpha value is -1.97. The first-order valence-corrected chi connectivity index (χ1v) is 12.0. The molecule has 3 fully saturated rings. The van der Waals surface area contributed by atoms with Crippen molar-refractivity contribution in [3.05, 3.63) is 65.2 Å². The van der Waals surface area contributed by atoms with Crippen LogP contribution in [-0.2, 0) is 14.4 Å². The van der Waals surface area contributed by atoms with E-state index in [1.165, 1.54) is 16.7 Å². The molecule has 2 aromatic rings. The largest absolute Gasteiger partial charge is 0.353 e. The van der Waals surface area contributed by atoms with E-state index >= 15 is 0 Å². The zero-order valence-corrected chi connectivity index (χ0v) is 20.2. The summed E-state index contributed by atoms with van der Waals surface area (Å²) >= 11 is 13.2. The van der Waals surface area contributed by atoms with E-state index in [0.717, 1.165) is 9.88 Å². The third-order valence-corrected chi connectivity index (χ3v) is 8.86. The molecule has 3 heterocycles. The average molecular weight is 488 g/mol. The quantitative estimate of drug-likeness (QED) is 0.473. The number of thiocarbonyl (C=S) groups is 1. The van der Waals surface area contributed by atoms with E-state index in [-0.39, 0.29) is 22.7 Å². The Balaban J connectivity index is 1.58. The Morgan fingerprint density at radius 2 is 1.69 bits per heavy atom. The van der Waals surface area contributed by atoms with E-state index in [9.17, 15) is 9.59 Å². The maximum absolute atomic E-state index is 13.6. The first-order chi connectivity index (χ1) is 15.2. The highest BCUT2D eigenvalue weighted by Crippen LogP contribution is 2.52. The Labute approximate surface area is 201 Å². The van der Waals surface area contributed by atoms with Gasteiger partial charge in [0.1, 0.15) is 9.69 Å². The number of hydroxylamine groups is 2. The van der Waals surface area contributed by atoms with Gasteiger partial charge in [0.2, 0.25) is 5.91 Å². The number of hydrogen-bond acceptors (Lipinski definition) is 6. The number of likely N-dealkylation sites (N-methyl/N-ethyl adjacent to an activating group) is 1. The van der Waals surface area contributed by atoms with E-state index < -0.39 is 18.1 Å². The molecule has 5 rings (SSSR count). The standard InChI is InChI=1S/C23H22ClN3O3S2/c1-23(2)21(32-22(31)25(23)3)27-17(13-9-11-14(24)12-10-13)16-18(30-27)20(29)26(19(16)28)15-7-5-4-6-8-15/h4-12,16-18,21H,1-3H3/t16-,17-,18-,21-/m0/s1. The number of nitrogens with zero attached hydrogens (tertiary/aromatic N) is 3. The fourth-order valence-corrected chi connectivity index (χ4v) is 6.51. The number of amides is 2. The predicted molar refractivity (Wildman–Crippen MR) is 129 cm³/mol. The van der Waals surface area contributed by atoms with Crippen LogP contribution in [0.2, 0.25) is 5.02 Å². The number of imide groups is 1. The van der Waals surface area contributed by atoms with Crippen LogP contribution in [0.1, 0.15) is 25.5 Å². The van der Waals surface area contributed by atoms with Crippen LogP contribution in [0.15, 0.2) is 54.6 Å². The van der Waals surface area contributed by atoms with Gasteiger partial charge in [-0.2, -0.15) is 5.06 Å². The lowest BCUT2D eigenvalue weighted by atomic mass is 9.90. The van der Waals surface area contributed by atoms with Crippen LogP contribution in [-0.4, -0.2) is 50.2 Å². The van der Waals surface area contributed by atoms with Gasteiger partial charge in [0.15, 0.2) is 6.10 Å². The Morgan fingerprint density at radius 3 is 2.28 bits per heavy atom. The van der Waals surface area contributed by atoms with Gasteiger partial charge in [-0.1, -0.05) is 65.9 Å². The van der Waals surface area contributed by atoms with Gasteiger partial charge in [0.25, 0.3) is 5.91 Å². The summed E-state index contributed by atoms with van der Waals surface area (Å²) in [5, 5.41) is 2.22. The Bertz CT molecular complexity index is 1100. The zero-order chi connectivity index (χ0) is 22.8. The van der Waals surface area contributed by atoms with Gasteiger partial charge in [-0.3, -0.25) is 14.4 Å². The van der Waals surface area contributed by atoms with Gasteiger partial charge in [0.05, 0.1) is 23.2 Å². The molecule has 3 aliphatic heterocycles. The molecule has 32 heavy (non-hydrogen) atoms. The van der Waals surface area contributed by atoms with Crippen molar-refractivity contribution in [3.63, 3.8) is 0 Å². The predicted octanol–water partition coefficient (Wildman–Crippen LogP) is 4.25. The molecule has 3 saturated heterocycles. The fraction of sp³-hybridized carbons (Fsp3) is 0.348. The lowest BCUT2D eigenvalue weighted by molar-refractivity contribution is -0.188. The van der Waals surface area contributed by atoms with E-state index in [1.807, 2.05) is 47.3 Å². The third kappa shape index (κ3) is 3.20. The molecule has 2 amide bonds. The van der Waals surface area contributed by atoms with Crippen LogP contribution < -0.4 is 4.90 Å². The monoisotopic (exact) mass is 487 g/mol. The van der Waals surface area contributed by atoms with Crippen LogP contribution in [0, 0.1) is 5.92 Å². The first-order valence-electron chi connectivity index (χ1n) is 10.3. The minimum atomic E-state index is -0.890. The molecule has 9 heteroatoms. The molecule has 0 radical (unpaired) electrons. The fourth-order valence-electron chi connectivity index (χ4n) is 4.56. The molecule has 0 aliphatic carbocycles. The van der Waals surface area contributed by atoms with Crippen molar-refractivity contribution < 1.29 is 14.4 Å². The van der Waals surface area contributed by atoms with Crippen molar-refractivity contribution >= 4 is 57.4 Å². The molecule has 166 valence electrons. The highest BCUT2D eigenvalue weighted by atomic mass is 35.5. The number of rotatable bonds is 3. The van der Waals surface area contributed by atoms with Crippen LogP contribution >= 0.6 is 35.6 Å². The lowest BCUT2D eigenvalue weighted by Crippen LogP contribution is -2.51. The van der Waals surface area contributed by atoms with Crippen LogP contribution in [0.5, 0.6) is 0 Å². The van der Waals surface area contributed by atoms with Gasteiger partial charge < -0.3 is 4.90 Å². The zero-order valence-electron chi connectivity index (χ0n) is 17.8. The van der Waals surface area contributed by atoms with E-state index in [0.29, 0.717) is 10.7 Å². The molecular formula is C23H22ClN3O3S2. The molecule has 3 aliphatic rings. The van der Waals surface area contributed by atoms with Crippen LogP contribution in [0.25, 0.3) is 0 Å². The molecule has 4 atom stereocenters. The first kappa shape index (κ1) is 21.9. The summed E-state index contributed by atoms with van der Waals surface area (Å²) < 4.78 is 0.749. The summed E-state index contributed by atoms with van der Waals surface area (Å²) in [7, 11) is 1.96. The smallest absolute Gasteiger partial charge is 0.265 e. The van der Waals surface area contributed by atoms with Crippen LogP contribution in [0.4, 0.5) is 5.69 Å². The molecule has 0 bridgehead atoms. The minimum Gasteiger partial charge on any atom is -0.353 e. The summed E-state index contributed by atoms with van der Waals surface area (Å²) in [5.74, 6) is -1.27. The summed E-state index contributed by atoms with van der Waals surface area (Å²) in [6, 6.07) is 15.9. The molecule has 0 aromatic heterocycles. The van der Waals surface area contributed by atoms with Crippen molar-refractivity contribution in [1.82, 2.24) is 9.96 Å². The topological polar surface area (TPSA) is 53.1 Å². The molecule has 0 spiro atoms. The van der Waals surface area contributed by atoms with E-state index in [4.69, 9.17) is 28.7 Å². The number of anilines is 1. The lowest BCUT2D eigenvalue weighted by Gasteiger charge is -2.39. The summed E-state index contributed by atoms with van der Waals surface area (Å²) in [6.45, 7) is 4.17. The van der Waals surface area contributed by atoms with Gasteiger partial charge in [-0.15, -0.1) is 0 Å². The molecule has 6 nitrogen and oxygen atoms in total. The van der Waals surface area contributed by atoms with Crippen LogP contribution in [0.3, 0.4) is 0 Å². The van der Waals surface area contributed by atoms with Crippen molar-refractivity contribution in [2.75, 3.05) is 11.9 Å². The SMILES string of the molecule is CN1C(=S)S[C@H](N2O[C@@H]3C(=O)N(c4ccccc4)C(=O)[C@H]3[C@@H]2c2ccc(Cl)cc2)C1(C)C. The maximum Gasteiger partial charge on any atom is 0.265 e. The average Bonchev–Trinajstić information content (AvgIpc) is 3.34. The van der Waals surface area contributed by atoms with Gasteiger partial charge >= 0.3 is 0 Å². The molecule has 0 unspecified atom stereocenters. The van der Waals surface area contributed by atoms with Crippen molar-refractivity contribution in [1.29, 1.82) is 0 Å². The highest BCUT2D eigenvalue weighted by Gasteiger charge is 2.63. The van der Waals surface area contributed by atoms with Crippen molar-refractivity contribution in [3.8, 4) is 0 Å².